The number of carbonyl (C=O) groups excluding carboxylic acids is 1. The van der Waals surface area contributed by atoms with Gasteiger partial charge in [-0.05, 0) is 11.6 Å². The fourth-order valence-corrected chi connectivity index (χ4v) is 1.18. The van der Waals surface area contributed by atoms with Crippen LogP contribution in [0.3, 0.4) is 0 Å². The summed E-state index contributed by atoms with van der Waals surface area (Å²) in [5.74, 6) is 0. The Hall–Kier alpha value is 0.01000. The summed E-state index contributed by atoms with van der Waals surface area (Å²) < 4.78 is 4.97. The molecule has 0 spiro atoms. The lowest BCUT2D eigenvalue weighted by Gasteiger charge is -2.27. The third-order valence-electron chi connectivity index (χ3n) is 1.27. The molecule has 0 bridgehead atoms. The molecule has 0 N–H and O–H groups in total. The van der Waals surface area contributed by atoms with Crippen molar-refractivity contribution in [1.29, 1.82) is 0 Å². The van der Waals surface area contributed by atoms with Gasteiger partial charge in [-0.25, -0.2) is 0 Å². The van der Waals surface area contributed by atoms with Crippen molar-refractivity contribution >= 4 is 28.6 Å². The van der Waals surface area contributed by atoms with Gasteiger partial charge in [-0.3, -0.25) is 4.79 Å². The number of hydrogen-bond acceptors (Lipinski definition) is 2. The van der Waals surface area contributed by atoms with E-state index in [4.69, 9.17) is 27.9 Å². The summed E-state index contributed by atoms with van der Waals surface area (Å²) in [6.07, 6.45) is 0. The predicted molar refractivity (Wildman–Crippen MR) is 38.4 cm³/mol. The van der Waals surface area contributed by atoms with Crippen LogP contribution in [0.25, 0.3) is 0 Å². The zero-order chi connectivity index (χ0) is 7.56. The van der Waals surface area contributed by atoms with E-state index in [1.54, 1.807) is 0 Å². The molecule has 0 aromatic rings. The SMILES string of the molecule is O=C(Cl)N1CCOC(Cl)C1. The van der Waals surface area contributed by atoms with Gasteiger partial charge in [0, 0.05) is 6.54 Å². The Kier molecular flexibility index (Phi) is 2.77. The summed E-state index contributed by atoms with van der Waals surface area (Å²) >= 11 is 10.8. The molecule has 1 heterocycles. The minimum absolute atomic E-state index is 0.379. The molecule has 1 unspecified atom stereocenters. The monoisotopic (exact) mass is 183 g/mol. The average Bonchev–Trinajstić information content (AvgIpc) is 1.88. The van der Waals surface area contributed by atoms with Gasteiger partial charge in [-0.15, -0.1) is 0 Å². The minimum Gasteiger partial charge on any atom is -0.359 e. The van der Waals surface area contributed by atoms with Gasteiger partial charge in [-0.1, -0.05) is 11.6 Å². The number of ether oxygens (including phenoxy) is 1. The fourth-order valence-electron chi connectivity index (χ4n) is 0.768. The highest BCUT2D eigenvalue weighted by atomic mass is 35.5. The van der Waals surface area contributed by atoms with Crippen molar-refractivity contribution in [2.24, 2.45) is 0 Å². The summed E-state index contributed by atoms with van der Waals surface area (Å²) in [5.41, 5.74) is -0.406. The topological polar surface area (TPSA) is 29.5 Å². The Labute approximate surface area is 68.8 Å². The summed E-state index contributed by atoms with van der Waals surface area (Å²) in [6.45, 7) is 1.38. The standard InChI is InChI=1S/C5H7Cl2NO2/c6-4-3-8(5(7)9)1-2-10-4/h4H,1-3H2. The highest BCUT2D eigenvalue weighted by molar-refractivity contribution is 6.62. The van der Waals surface area contributed by atoms with Gasteiger partial charge >= 0.3 is 5.37 Å². The van der Waals surface area contributed by atoms with Crippen molar-refractivity contribution in [3.05, 3.63) is 0 Å². The molecule has 58 valence electrons. The largest absolute Gasteiger partial charge is 0.359 e. The molecule has 10 heavy (non-hydrogen) atoms. The molecular weight excluding hydrogens is 177 g/mol. The molecule has 0 aromatic carbocycles. The summed E-state index contributed by atoms with van der Waals surface area (Å²) in [5, 5.41) is -0.464. The molecule has 0 aromatic heterocycles. The maximum Gasteiger partial charge on any atom is 0.316 e. The zero-order valence-electron chi connectivity index (χ0n) is 5.22. The third kappa shape index (κ3) is 2.01. The third-order valence-corrected chi connectivity index (χ3v) is 1.78. The van der Waals surface area contributed by atoms with Crippen LogP contribution in [-0.2, 0) is 4.74 Å². The number of halogens is 2. The Morgan fingerprint density at radius 2 is 2.40 bits per heavy atom. The second-order valence-corrected chi connectivity index (χ2v) is 2.79. The van der Waals surface area contributed by atoms with Gasteiger partial charge < -0.3 is 9.64 Å². The predicted octanol–water partition coefficient (Wildman–Crippen LogP) is 1.24. The van der Waals surface area contributed by atoms with Crippen LogP contribution < -0.4 is 0 Å². The average molecular weight is 184 g/mol. The molecule has 1 atom stereocenters. The van der Waals surface area contributed by atoms with Gasteiger partial charge in [-0.2, -0.15) is 0 Å². The lowest BCUT2D eigenvalue weighted by Crippen LogP contribution is -2.41. The van der Waals surface area contributed by atoms with Crippen LogP contribution in [0.5, 0.6) is 0 Å². The number of hydrogen-bond donors (Lipinski definition) is 0. The van der Waals surface area contributed by atoms with Crippen LogP contribution in [0.2, 0.25) is 0 Å². The van der Waals surface area contributed by atoms with Crippen molar-refractivity contribution in [2.45, 2.75) is 5.56 Å². The van der Waals surface area contributed by atoms with E-state index in [1.165, 1.54) is 4.90 Å². The Balaban J connectivity index is 2.39. The first-order chi connectivity index (χ1) is 4.70. The quantitative estimate of drug-likeness (QED) is 0.322. The van der Waals surface area contributed by atoms with E-state index in [9.17, 15) is 4.79 Å². The Morgan fingerprint density at radius 3 is 2.80 bits per heavy atom. The van der Waals surface area contributed by atoms with Crippen molar-refractivity contribution in [3.63, 3.8) is 0 Å². The number of alkyl halides is 1. The van der Waals surface area contributed by atoms with Crippen LogP contribution in [0.15, 0.2) is 0 Å². The van der Waals surface area contributed by atoms with Gasteiger partial charge in [0.15, 0.2) is 0 Å². The van der Waals surface area contributed by atoms with E-state index in [1.807, 2.05) is 0 Å². The number of amides is 1. The Bertz CT molecular complexity index is 142. The molecule has 1 fully saturated rings. The summed E-state index contributed by atoms with van der Waals surface area (Å²) in [6, 6.07) is 0. The van der Waals surface area contributed by atoms with E-state index in [2.05, 4.69) is 0 Å². The minimum atomic E-state index is -0.464. The van der Waals surface area contributed by atoms with Gasteiger partial charge in [0.05, 0.1) is 13.2 Å². The van der Waals surface area contributed by atoms with Crippen LogP contribution in [0, 0.1) is 0 Å². The molecule has 0 radical (unpaired) electrons. The number of morpholine rings is 1. The zero-order valence-corrected chi connectivity index (χ0v) is 6.73. The van der Waals surface area contributed by atoms with Gasteiger partial charge in [0.2, 0.25) is 0 Å². The second kappa shape index (κ2) is 3.42. The molecular formula is C5H7Cl2NO2. The van der Waals surface area contributed by atoms with Gasteiger partial charge in [0.1, 0.15) is 5.56 Å². The van der Waals surface area contributed by atoms with Crippen LogP contribution in [-0.4, -0.2) is 35.5 Å². The van der Waals surface area contributed by atoms with Crippen molar-refractivity contribution in [3.8, 4) is 0 Å². The molecule has 3 nitrogen and oxygen atoms in total. The van der Waals surface area contributed by atoms with E-state index < -0.39 is 10.9 Å². The van der Waals surface area contributed by atoms with E-state index in [-0.39, 0.29) is 0 Å². The summed E-state index contributed by atoms with van der Waals surface area (Å²) in [4.78, 5) is 12.0. The highest BCUT2D eigenvalue weighted by Gasteiger charge is 2.20. The van der Waals surface area contributed by atoms with E-state index in [0.29, 0.717) is 19.7 Å². The second-order valence-electron chi connectivity index (χ2n) is 1.98. The van der Waals surface area contributed by atoms with Crippen molar-refractivity contribution in [2.75, 3.05) is 19.7 Å². The molecule has 1 amide bonds. The molecule has 1 aliphatic heterocycles. The molecule has 1 saturated heterocycles. The van der Waals surface area contributed by atoms with Crippen molar-refractivity contribution in [1.82, 2.24) is 4.90 Å². The highest BCUT2D eigenvalue weighted by Crippen LogP contribution is 2.09. The van der Waals surface area contributed by atoms with Gasteiger partial charge in [0.25, 0.3) is 0 Å². The van der Waals surface area contributed by atoms with Crippen LogP contribution in [0.4, 0.5) is 4.79 Å². The normalized spacial score (nSPS) is 26.6. The molecule has 5 heteroatoms. The lowest BCUT2D eigenvalue weighted by atomic mass is 10.5. The fraction of sp³-hybridized carbons (Fsp3) is 0.800. The number of nitrogens with zero attached hydrogens (tertiary/aromatic N) is 1. The molecule has 1 aliphatic rings. The maximum absolute atomic E-state index is 10.5. The smallest absolute Gasteiger partial charge is 0.316 e. The molecule has 0 saturated carbocycles. The first kappa shape index (κ1) is 8.11. The molecule has 0 aliphatic carbocycles. The van der Waals surface area contributed by atoms with E-state index in [0.717, 1.165) is 0 Å². The first-order valence-electron chi connectivity index (χ1n) is 2.90. The van der Waals surface area contributed by atoms with Crippen LogP contribution >= 0.6 is 23.2 Å². The number of rotatable bonds is 0. The Morgan fingerprint density at radius 1 is 1.70 bits per heavy atom. The van der Waals surface area contributed by atoms with E-state index >= 15 is 0 Å². The molecule has 1 rings (SSSR count). The number of carbonyl (C=O) groups is 1. The lowest BCUT2D eigenvalue weighted by molar-refractivity contribution is 0.0343. The summed E-state index contributed by atoms with van der Waals surface area (Å²) in [7, 11) is 0. The maximum atomic E-state index is 10.5. The van der Waals surface area contributed by atoms with Crippen molar-refractivity contribution < 1.29 is 9.53 Å². The van der Waals surface area contributed by atoms with Crippen LogP contribution in [0.1, 0.15) is 0 Å². The first-order valence-corrected chi connectivity index (χ1v) is 3.71.